The highest BCUT2D eigenvalue weighted by Crippen LogP contribution is 2.15. The zero-order valence-corrected chi connectivity index (χ0v) is 6.97. The maximum Gasteiger partial charge on any atom is 0.231 e. The van der Waals surface area contributed by atoms with Crippen molar-refractivity contribution in [3.8, 4) is 0 Å². The van der Waals surface area contributed by atoms with Crippen molar-refractivity contribution in [2.24, 2.45) is 0 Å². The molecule has 12 heavy (non-hydrogen) atoms. The van der Waals surface area contributed by atoms with Gasteiger partial charge in [-0.2, -0.15) is 0 Å². The van der Waals surface area contributed by atoms with Crippen LogP contribution in [0.25, 0.3) is 10.2 Å². The van der Waals surface area contributed by atoms with E-state index in [2.05, 4.69) is 11.1 Å². The molecule has 1 heterocycles. The van der Waals surface area contributed by atoms with Crippen LogP contribution < -0.4 is 0 Å². The minimum Gasteiger partial charge on any atom is -0.245 e. The first-order valence-corrected chi connectivity index (χ1v) is 4.08. The molecule has 0 bridgehead atoms. The summed E-state index contributed by atoms with van der Waals surface area (Å²) in [6.07, 6.45) is 0.750. The van der Waals surface area contributed by atoms with Gasteiger partial charge < -0.3 is 0 Å². The number of isocyanates is 1. The van der Waals surface area contributed by atoms with Crippen LogP contribution in [0.3, 0.4) is 0 Å². The van der Waals surface area contributed by atoms with E-state index in [-0.39, 0.29) is 0 Å². The molecule has 0 unspecified atom stereocenters. The fourth-order valence-corrected chi connectivity index (χ4v) is 1.48. The van der Waals surface area contributed by atoms with Crippen LogP contribution in [-0.2, 0) is 4.79 Å². The number of hydrogen-bond donors (Lipinski definition) is 1. The second-order valence-electron chi connectivity index (χ2n) is 1.92. The van der Waals surface area contributed by atoms with Crippen molar-refractivity contribution in [1.82, 2.24) is 4.98 Å². The summed E-state index contributed by atoms with van der Waals surface area (Å²) in [6.45, 7) is 0. The Morgan fingerprint density at radius 2 is 2.08 bits per heavy atom. The molecule has 0 atom stereocenters. The van der Waals surface area contributed by atoms with Crippen molar-refractivity contribution < 1.29 is 4.79 Å². The highest BCUT2D eigenvalue weighted by molar-refractivity contribution is 7.16. The molecule has 4 heteroatoms. The Morgan fingerprint density at radius 1 is 1.42 bits per heavy atom. The molecule has 0 aliphatic rings. The van der Waals surface area contributed by atoms with Gasteiger partial charge in [0.1, 0.15) is 0 Å². The zero-order chi connectivity index (χ0) is 8.81. The molecule has 1 aromatic carbocycles. The number of thiazole rings is 1. The molecule has 1 N–H and O–H groups in total. The van der Waals surface area contributed by atoms with E-state index in [0.29, 0.717) is 0 Å². The minimum atomic E-state index is 0.750. The van der Waals surface area contributed by atoms with Crippen LogP contribution in [0.2, 0.25) is 0 Å². The average Bonchev–Trinajstić information content (AvgIpc) is 2.52. The van der Waals surface area contributed by atoms with E-state index in [1.54, 1.807) is 11.3 Å². The van der Waals surface area contributed by atoms with Gasteiger partial charge in [0.15, 0.2) is 0 Å². The molecule has 0 aliphatic carbocycles. The van der Waals surface area contributed by atoms with Gasteiger partial charge in [-0.15, -0.1) is 11.3 Å². The topological polar surface area (TPSA) is 53.8 Å². The molecule has 2 aromatic rings. The van der Waals surface area contributed by atoms with E-state index in [1.807, 2.05) is 23.7 Å². The molecule has 0 saturated carbocycles. The third-order valence-electron chi connectivity index (χ3n) is 1.24. The first-order valence-electron chi connectivity index (χ1n) is 3.20. The van der Waals surface area contributed by atoms with Crippen molar-refractivity contribution in [3.63, 3.8) is 0 Å². The molecule has 60 valence electrons. The predicted molar refractivity (Wildman–Crippen MR) is 48.0 cm³/mol. The highest BCUT2D eigenvalue weighted by Gasteiger charge is 1.89. The van der Waals surface area contributed by atoms with Crippen LogP contribution in [-0.4, -0.2) is 11.1 Å². The molecular formula is C8H6N2OS. The summed E-state index contributed by atoms with van der Waals surface area (Å²) in [6, 6.07) is 8.13. The number of fused-ring (bicyclic) bond motifs is 1. The second kappa shape index (κ2) is 4.38. The lowest BCUT2D eigenvalue weighted by atomic mass is 10.3. The van der Waals surface area contributed by atoms with E-state index in [9.17, 15) is 0 Å². The minimum absolute atomic E-state index is 0.750. The Labute approximate surface area is 73.2 Å². The lowest BCUT2D eigenvalue weighted by molar-refractivity contribution is 0.563. The van der Waals surface area contributed by atoms with Gasteiger partial charge in [0.05, 0.1) is 15.7 Å². The quantitative estimate of drug-likeness (QED) is 0.496. The van der Waals surface area contributed by atoms with Crippen LogP contribution >= 0.6 is 11.3 Å². The molecule has 0 fully saturated rings. The second-order valence-corrected chi connectivity index (χ2v) is 2.81. The van der Waals surface area contributed by atoms with Gasteiger partial charge >= 0.3 is 0 Å². The maximum absolute atomic E-state index is 8.35. The third-order valence-corrected chi connectivity index (χ3v) is 2.05. The summed E-state index contributed by atoms with van der Waals surface area (Å²) in [5.74, 6) is 0. The number of benzene rings is 1. The van der Waals surface area contributed by atoms with E-state index in [4.69, 9.17) is 10.2 Å². The average molecular weight is 178 g/mol. The van der Waals surface area contributed by atoms with Crippen LogP contribution in [0.15, 0.2) is 29.8 Å². The first-order chi connectivity index (χ1) is 5.88. The van der Waals surface area contributed by atoms with Gasteiger partial charge in [0.2, 0.25) is 6.08 Å². The summed E-state index contributed by atoms with van der Waals surface area (Å²) >= 11 is 1.68. The van der Waals surface area contributed by atoms with Crippen LogP contribution in [0, 0.1) is 5.41 Å². The van der Waals surface area contributed by atoms with Gasteiger partial charge in [-0.25, -0.2) is 15.2 Å². The summed E-state index contributed by atoms with van der Waals surface area (Å²) in [7, 11) is 0. The van der Waals surface area contributed by atoms with E-state index >= 15 is 0 Å². The Balaban J connectivity index is 0.000000213. The fourth-order valence-electron chi connectivity index (χ4n) is 0.803. The summed E-state index contributed by atoms with van der Waals surface area (Å²) in [5, 5.41) is 5.40. The molecule has 0 aliphatic heterocycles. The monoisotopic (exact) mass is 178 g/mol. The van der Waals surface area contributed by atoms with Gasteiger partial charge in [-0.05, 0) is 12.1 Å². The van der Waals surface area contributed by atoms with E-state index in [1.165, 1.54) is 4.70 Å². The van der Waals surface area contributed by atoms with Crippen LogP contribution in [0.1, 0.15) is 0 Å². The van der Waals surface area contributed by atoms with Gasteiger partial charge in [-0.3, -0.25) is 0 Å². The Kier molecular flexibility index (Phi) is 3.14. The third kappa shape index (κ3) is 1.99. The largest absolute Gasteiger partial charge is 0.245 e. The number of nitrogens with zero attached hydrogens (tertiary/aromatic N) is 1. The predicted octanol–water partition coefficient (Wildman–Crippen LogP) is 2.20. The highest BCUT2D eigenvalue weighted by atomic mass is 32.1. The molecule has 2 rings (SSSR count). The van der Waals surface area contributed by atoms with Crippen LogP contribution in [0.5, 0.6) is 0 Å². The Bertz CT molecular complexity index is 360. The summed E-state index contributed by atoms with van der Waals surface area (Å²) < 4.78 is 1.26. The smallest absolute Gasteiger partial charge is 0.231 e. The molecule has 0 amide bonds. The van der Waals surface area contributed by atoms with Crippen LogP contribution in [0.4, 0.5) is 0 Å². The fraction of sp³-hybridized carbons (Fsp3) is 0. The van der Waals surface area contributed by atoms with Crippen molar-refractivity contribution in [2.45, 2.75) is 0 Å². The lowest BCUT2D eigenvalue weighted by Crippen LogP contribution is -1.61. The Morgan fingerprint density at radius 3 is 2.75 bits per heavy atom. The van der Waals surface area contributed by atoms with Crippen molar-refractivity contribution in [3.05, 3.63) is 29.8 Å². The number of carbonyl (C=O) groups excluding carboxylic acids is 1. The van der Waals surface area contributed by atoms with E-state index < -0.39 is 0 Å². The number of rotatable bonds is 0. The van der Waals surface area contributed by atoms with Crippen molar-refractivity contribution in [2.75, 3.05) is 0 Å². The standard InChI is InChI=1S/C7H5NS.CHNO/c1-2-4-7-6(3-1)8-5-9-7;2-1-3/h1-5H;2H. The Hall–Kier alpha value is -1.51. The number of hydrogen-bond acceptors (Lipinski definition) is 4. The molecule has 0 saturated heterocycles. The molecular weight excluding hydrogens is 172 g/mol. The first kappa shape index (κ1) is 8.59. The lowest BCUT2D eigenvalue weighted by Gasteiger charge is -1.80. The van der Waals surface area contributed by atoms with Crippen molar-refractivity contribution in [1.29, 1.82) is 5.41 Å². The number of para-hydroxylation sites is 1. The SMILES string of the molecule is N=C=O.c1ccc2scnc2c1. The van der Waals surface area contributed by atoms with Crippen molar-refractivity contribution >= 4 is 27.6 Å². The maximum atomic E-state index is 8.35. The summed E-state index contributed by atoms with van der Waals surface area (Å²) in [5.41, 5.74) is 2.97. The molecule has 0 spiro atoms. The molecule has 1 aromatic heterocycles. The molecule has 3 nitrogen and oxygen atoms in total. The van der Waals surface area contributed by atoms with Gasteiger partial charge in [0.25, 0.3) is 0 Å². The summed E-state index contributed by atoms with van der Waals surface area (Å²) in [4.78, 5) is 12.5. The van der Waals surface area contributed by atoms with Gasteiger partial charge in [0, 0.05) is 0 Å². The zero-order valence-electron chi connectivity index (χ0n) is 6.15. The normalized spacial score (nSPS) is 8.33. The van der Waals surface area contributed by atoms with E-state index in [0.717, 1.165) is 11.6 Å². The van der Waals surface area contributed by atoms with Gasteiger partial charge in [-0.1, -0.05) is 12.1 Å². The molecule has 0 radical (unpaired) electrons. The number of aromatic nitrogens is 1. The number of nitrogens with one attached hydrogen (secondary N) is 1.